The van der Waals surface area contributed by atoms with Crippen molar-refractivity contribution in [3.05, 3.63) is 151 Å². The van der Waals surface area contributed by atoms with E-state index in [1.54, 1.807) is 109 Å². The molecule has 66 heavy (non-hydrogen) atoms. The van der Waals surface area contributed by atoms with E-state index >= 15 is 0 Å². The van der Waals surface area contributed by atoms with Crippen LogP contribution >= 0.6 is 0 Å². The van der Waals surface area contributed by atoms with Gasteiger partial charge >= 0.3 is 0 Å². The Hall–Kier alpha value is -7.20. The van der Waals surface area contributed by atoms with Crippen LogP contribution in [0.2, 0.25) is 0 Å². The van der Waals surface area contributed by atoms with Gasteiger partial charge in [0.1, 0.15) is 11.4 Å². The van der Waals surface area contributed by atoms with Crippen LogP contribution in [0, 0.1) is 20.2 Å². The summed E-state index contributed by atoms with van der Waals surface area (Å²) in [6.45, 7) is 3.46. The number of para-hydroxylation sites is 4. The highest BCUT2D eigenvalue weighted by atomic mass is 16.6. The number of amides is 2. The van der Waals surface area contributed by atoms with Crippen LogP contribution in [0.5, 0.6) is 0 Å². The van der Waals surface area contributed by atoms with Gasteiger partial charge in [-0.05, 0) is 34.4 Å². The van der Waals surface area contributed by atoms with E-state index in [2.05, 4.69) is 21.1 Å². The highest BCUT2D eigenvalue weighted by molar-refractivity contribution is 6.30. The molecule has 0 saturated carbocycles. The summed E-state index contributed by atoms with van der Waals surface area (Å²) in [5, 5.41) is 31.3. The molecule has 20 heteroatoms. The van der Waals surface area contributed by atoms with E-state index < -0.39 is 21.7 Å². The zero-order chi connectivity index (χ0) is 46.7. The number of hydrazone groups is 2. The average Bonchev–Trinajstić information content (AvgIpc) is 3.77. The van der Waals surface area contributed by atoms with Gasteiger partial charge in [0.25, 0.3) is 23.2 Å². The summed E-state index contributed by atoms with van der Waals surface area (Å²) >= 11 is 0. The quantitative estimate of drug-likeness (QED) is 0.0308. The third-order valence-corrected chi connectivity index (χ3v) is 10.1. The Kier molecular flexibility index (Phi) is 18.1. The number of nitrogens with one attached hydrogen (secondary N) is 2. The Bertz CT molecular complexity index is 2270. The third kappa shape index (κ3) is 12.5. The van der Waals surface area contributed by atoms with Crippen LogP contribution in [0.25, 0.3) is 11.4 Å². The number of carbonyl (C=O) groups is 2. The predicted octanol–water partition coefficient (Wildman–Crippen LogP) is 5.56. The van der Waals surface area contributed by atoms with Crippen molar-refractivity contribution in [3.63, 3.8) is 0 Å². The van der Waals surface area contributed by atoms with Gasteiger partial charge in [-0.25, -0.2) is 0 Å². The van der Waals surface area contributed by atoms with Gasteiger partial charge in [-0.1, -0.05) is 72.8 Å². The Labute approximate surface area is 380 Å². The molecule has 2 N–H and O–H groups in total. The molecule has 2 aliphatic rings. The number of carbonyl (C=O) groups excluding carboxylic acids is 2. The van der Waals surface area contributed by atoms with Crippen molar-refractivity contribution in [2.75, 3.05) is 104 Å². The zero-order valence-electron chi connectivity index (χ0n) is 36.5. The maximum Gasteiger partial charge on any atom is 0.294 e. The second kappa shape index (κ2) is 24.8. The highest BCUT2D eigenvalue weighted by Gasteiger charge is 2.48. The molecule has 0 radical (unpaired) electrons. The summed E-state index contributed by atoms with van der Waals surface area (Å²) in [5.41, 5.74) is 9.33. The van der Waals surface area contributed by atoms with Crippen molar-refractivity contribution in [3.8, 4) is 0 Å². The van der Waals surface area contributed by atoms with Crippen LogP contribution in [0.1, 0.15) is 22.3 Å². The van der Waals surface area contributed by atoms with Crippen LogP contribution in [-0.2, 0) is 38.0 Å². The summed E-state index contributed by atoms with van der Waals surface area (Å²) in [4.78, 5) is 54.6. The first-order valence-corrected chi connectivity index (χ1v) is 20.9. The first kappa shape index (κ1) is 48.3. The van der Waals surface area contributed by atoms with E-state index in [-0.39, 0.29) is 73.4 Å². The number of rotatable bonds is 28. The number of nitro groups is 2. The van der Waals surface area contributed by atoms with Gasteiger partial charge in [-0.3, -0.25) is 40.7 Å². The van der Waals surface area contributed by atoms with Crippen molar-refractivity contribution in [1.29, 1.82) is 0 Å². The molecule has 0 saturated heterocycles. The Morgan fingerprint density at radius 3 is 1.23 bits per heavy atom. The lowest BCUT2D eigenvalue weighted by Gasteiger charge is -2.25. The lowest BCUT2D eigenvalue weighted by molar-refractivity contribution is -0.384. The molecule has 4 aromatic rings. The van der Waals surface area contributed by atoms with E-state index in [9.17, 15) is 29.8 Å². The fraction of sp³-hybridized carbons (Fsp3) is 0.304. The molecule has 2 amide bonds. The smallest absolute Gasteiger partial charge is 0.294 e. The Balaban J connectivity index is 1.30. The molecule has 20 nitrogen and oxygen atoms in total. The third-order valence-electron chi connectivity index (χ3n) is 10.1. The number of nitrogens with zero attached hydrogens (tertiary/aromatic N) is 6. The summed E-state index contributed by atoms with van der Waals surface area (Å²) in [7, 11) is 3.17. The van der Waals surface area contributed by atoms with E-state index in [0.717, 1.165) is 0 Å². The number of hydrogen-bond acceptors (Lipinski definition) is 16. The molecular formula is C46H50N8O12. The molecular weight excluding hydrogens is 857 g/mol. The summed E-state index contributed by atoms with van der Waals surface area (Å²) in [5.74, 6) is -0.784. The lowest BCUT2D eigenvalue weighted by atomic mass is 10.0. The second-order valence-electron chi connectivity index (χ2n) is 14.3. The Morgan fingerprint density at radius 1 is 0.515 bits per heavy atom. The van der Waals surface area contributed by atoms with Crippen LogP contribution in [0.4, 0.5) is 22.7 Å². The number of anilines is 2. The second-order valence-corrected chi connectivity index (χ2v) is 14.3. The van der Waals surface area contributed by atoms with Gasteiger partial charge in [0, 0.05) is 39.4 Å². The van der Waals surface area contributed by atoms with E-state index in [1.807, 2.05) is 0 Å². The number of benzene rings is 4. The topological polar surface area (TPSA) is 231 Å². The molecule has 0 bridgehead atoms. The van der Waals surface area contributed by atoms with Crippen molar-refractivity contribution < 1.29 is 47.9 Å². The maximum absolute atomic E-state index is 14.8. The monoisotopic (exact) mass is 906 g/mol. The normalized spacial score (nSPS) is 13.8. The first-order valence-electron chi connectivity index (χ1n) is 20.9. The predicted molar refractivity (Wildman–Crippen MR) is 246 cm³/mol. The molecule has 0 aromatic heterocycles. The van der Waals surface area contributed by atoms with Crippen molar-refractivity contribution >= 4 is 58.4 Å². The number of fused-ring (bicyclic) bond motifs is 1. The maximum atomic E-state index is 14.8. The number of methoxy groups -OCH3 is 2. The van der Waals surface area contributed by atoms with Crippen molar-refractivity contribution in [2.45, 2.75) is 0 Å². The van der Waals surface area contributed by atoms with Gasteiger partial charge in [0.2, 0.25) is 0 Å². The van der Waals surface area contributed by atoms with E-state index in [4.69, 9.17) is 28.4 Å². The minimum absolute atomic E-state index is 0.122. The lowest BCUT2D eigenvalue weighted by Crippen LogP contribution is -2.33. The zero-order valence-corrected chi connectivity index (χ0v) is 36.5. The van der Waals surface area contributed by atoms with Gasteiger partial charge in [0.15, 0.2) is 0 Å². The van der Waals surface area contributed by atoms with Crippen LogP contribution in [-0.4, -0.2) is 137 Å². The standard InChI is InChI=1S/C46H50N8O12/c1-61-23-25-65-29-27-63-21-19-51-43(35-15-11-33(12-16-35)31-47-49-37-7-3-5-9-39(37)53(57)58)41-42(45(51)55)44(52(46(41)56)20-22-64-28-30-66-26-24-62-2)36-17-13-34(14-18-36)32-48-50-38-8-4-6-10-40(38)54(59)60/h3-18,31-32,49-50H,19-30H2,1-2H3/b47-31+,48-32+. The van der Waals surface area contributed by atoms with Crippen molar-refractivity contribution in [1.82, 2.24) is 9.80 Å². The number of ether oxygens (including phenoxy) is 6. The van der Waals surface area contributed by atoms with Crippen LogP contribution in [0.3, 0.4) is 0 Å². The van der Waals surface area contributed by atoms with Crippen molar-refractivity contribution in [2.24, 2.45) is 10.2 Å². The van der Waals surface area contributed by atoms with E-state index in [1.165, 1.54) is 24.6 Å². The first-order chi connectivity index (χ1) is 32.2. The minimum Gasteiger partial charge on any atom is -0.382 e. The Morgan fingerprint density at radius 2 is 0.864 bits per heavy atom. The number of hydrogen-bond donors (Lipinski definition) is 2. The highest BCUT2D eigenvalue weighted by Crippen LogP contribution is 2.46. The molecule has 0 spiro atoms. The molecule has 2 heterocycles. The van der Waals surface area contributed by atoms with Crippen LogP contribution < -0.4 is 10.9 Å². The van der Waals surface area contributed by atoms with E-state index in [0.29, 0.717) is 73.3 Å². The van der Waals surface area contributed by atoms with Gasteiger partial charge in [0.05, 0.1) is 111 Å². The molecule has 0 atom stereocenters. The summed E-state index contributed by atoms with van der Waals surface area (Å²) in [6, 6.07) is 26.4. The molecule has 6 rings (SSSR count). The molecule has 0 unspecified atom stereocenters. The summed E-state index contributed by atoms with van der Waals surface area (Å²) < 4.78 is 32.8. The SMILES string of the molecule is COCCOCCOCCN1C(=O)C2=C(c3ccc(/C=N/Nc4ccccc4[N+](=O)[O-])cc3)N(CCOCCOCCOC)C(=O)C2=C1c1ccc(/C=N/Nc2ccccc2[N+](=O)[O-])cc1. The minimum atomic E-state index is -0.500. The fourth-order valence-electron chi connectivity index (χ4n) is 6.92. The molecule has 0 aliphatic carbocycles. The average molecular weight is 907 g/mol. The molecule has 4 aromatic carbocycles. The van der Waals surface area contributed by atoms with Gasteiger partial charge in [-0.15, -0.1) is 0 Å². The molecule has 346 valence electrons. The van der Waals surface area contributed by atoms with Gasteiger partial charge in [-0.2, -0.15) is 10.2 Å². The molecule has 0 fully saturated rings. The van der Waals surface area contributed by atoms with Crippen LogP contribution in [0.15, 0.2) is 118 Å². The largest absolute Gasteiger partial charge is 0.382 e. The fourth-order valence-corrected chi connectivity index (χ4v) is 6.92. The molecule has 2 aliphatic heterocycles. The number of nitro benzene ring substituents is 2. The summed E-state index contributed by atoms with van der Waals surface area (Å²) in [6.07, 6.45) is 3.01. The van der Waals surface area contributed by atoms with Gasteiger partial charge < -0.3 is 38.2 Å².